The van der Waals surface area contributed by atoms with Crippen LogP contribution in [0.3, 0.4) is 0 Å². The second kappa shape index (κ2) is 6.07. The Labute approximate surface area is 115 Å². The summed E-state index contributed by atoms with van der Waals surface area (Å²) in [5, 5.41) is 8.79. The van der Waals surface area contributed by atoms with E-state index < -0.39 is 0 Å². The van der Waals surface area contributed by atoms with E-state index in [1.807, 2.05) is 14.0 Å². The summed E-state index contributed by atoms with van der Waals surface area (Å²) in [6.07, 6.45) is 6.50. The van der Waals surface area contributed by atoms with Crippen LogP contribution in [0.1, 0.15) is 43.9 Å². The summed E-state index contributed by atoms with van der Waals surface area (Å²) < 4.78 is 1.78. The fourth-order valence-corrected chi connectivity index (χ4v) is 3.06. The van der Waals surface area contributed by atoms with Crippen LogP contribution >= 0.6 is 11.6 Å². The molecule has 1 aliphatic carbocycles. The van der Waals surface area contributed by atoms with Crippen molar-refractivity contribution >= 4 is 11.6 Å². The lowest BCUT2D eigenvalue weighted by molar-refractivity contribution is 0.260. The average molecular weight is 270 g/mol. The van der Waals surface area contributed by atoms with E-state index in [1.54, 1.807) is 4.68 Å². The van der Waals surface area contributed by atoms with Crippen molar-refractivity contribution in [3.8, 4) is 0 Å². The minimum absolute atomic E-state index is 0.542. The molecule has 1 fully saturated rings. The van der Waals surface area contributed by atoms with Crippen molar-refractivity contribution in [1.29, 1.82) is 0 Å². The van der Waals surface area contributed by atoms with Crippen molar-refractivity contribution < 1.29 is 0 Å². The number of nitrogens with one attached hydrogen (secondary N) is 1. The molecule has 1 unspecified atom stereocenters. The number of aromatic nitrogens is 2. The molecule has 1 atom stereocenters. The third-order valence-electron chi connectivity index (χ3n) is 4.06. The molecule has 3 nitrogen and oxygen atoms in total. The van der Waals surface area contributed by atoms with E-state index in [0.29, 0.717) is 6.04 Å². The van der Waals surface area contributed by atoms with Crippen LogP contribution in [0.5, 0.6) is 0 Å². The molecule has 1 saturated carbocycles. The topological polar surface area (TPSA) is 29.9 Å². The fraction of sp³-hybridized carbons (Fsp3) is 0.786. The molecule has 1 aliphatic rings. The predicted molar refractivity (Wildman–Crippen MR) is 76.1 cm³/mol. The lowest BCUT2D eigenvalue weighted by Crippen LogP contribution is -2.34. The van der Waals surface area contributed by atoms with Gasteiger partial charge in [-0.15, -0.1) is 0 Å². The largest absolute Gasteiger partial charge is 0.314 e. The first-order chi connectivity index (χ1) is 8.61. The van der Waals surface area contributed by atoms with Gasteiger partial charge < -0.3 is 5.32 Å². The summed E-state index contributed by atoms with van der Waals surface area (Å²) >= 11 is 6.32. The highest BCUT2D eigenvalue weighted by Gasteiger charge is 2.23. The number of hydrogen-bond donors (Lipinski definition) is 1. The van der Waals surface area contributed by atoms with E-state index in [0.717, 1.165) is 29.7 Å². The SMILES string of the molecule is CCNC(Cc1c(C)nn(C)c1Cl)CC1CCC1. The summed E-state index contributed by atoms with van der Waals surface area (Å²) in [6, 6.07) is 0.542. The number of likely N-dealkylation sites (N-methyl/N-ethyl adjacent to an activating group) is 1. The number of hydrogen-bond acceptors (Lipinski definition) is 2. The van der Waals surface area contributed by atoms with Crippen LogP contribution in [0.4, 0.5) is 0 Å². The molecule has 1 aromatic heterocycles. The standard InChI is InChI=1S/C14H24ClN3/c1-4-16-12(8-11-6-5-7-11)9-13-10(2)17-18(3)14(13)15/h11-12,16H,4-9H2,1-3H3. The van der Waals surface area contributed by atoms with Crippen molar-refractivity contribution in [2.45, 2.75) is 52.0 Å². The van der Waals surface area contributed by atoms with Gasteiger partial charge in [0.25, 0.3) is 0 Å². The maximum Gasteiger partial charge on any atom is 0.130 e. The van der Waals surface area contributed by atoms with E-state index in [2.05, 4.69) is 17.3 Å². The van der Waals surface area contributed by atoms with Crippen LogP contribution in [0, 0.1) is 12.8 Å². The monoisotopic (exact) mass is 269 g/mol. The molecule has 0 amide bonds. The Balaban J connectivity index is 2.02. The van der Waals surface area contributed by atoms with Gasteiger partial charge in [0.2, 0.25) is 0 Å². The maximum atomic E-state index is 6.32. The van der Waals surface area contributed by atoms with E-state index in [1.165, 1.54) is 31.2 Å². The van der Waals surface area contributed by atoms with Crippen LogP contribution in [-0.2, 0) is 13.5 Å². The molecule has 2 rings (SSSR count). The summed E-state index contributed by atoms with van der Waals surface area (Å²) in [5.41, 5.74) is 2.28. The zero-order chi connectivity index (χ0) is 13.1. The molecule has 0 saturated heterocycles. The molecule has 0 radical (unpaired) electrons. The Hall–Kier alpha value is -0.540. The Kier molecular flexibility index (Phi) is 4.68. The molecule has 0 aliphatic heterocycles. The molecule has 1 heterocycles. The third-order valence-corrected chi connectivity index (χ3v) is 4.53. The van der Waals surface area contributed by atoms with Gasteiger partial charge in [-0.2, -0.15) is 5.10 Å². The lowest BCUT2D eigenvalue weighted by atomic mass is 9.80. The zero-order valence-electron chi connectivity index (χ0n) is 11.7. The van der Waals surface area contributed by atoms with Crippen molar-refractivity contribution in [2.24, 2.45) is 13.0 Å². The Bertz CT molecular complexity index is 396. The van der Waals surface area contributed by atoms with Crippen LogP contribution in [0.15, 0.2) is 0 Å². The van der Waals surface area contributed by atoms with E-state index in [-0.39, 0.29) is 0 Å². The van der Waals surface area contributed by atoms with Crippen molar-refractivity contribution in [1.82, 2.24) is 15.1 Å². The van der Waals surface area contributed by atoms with E-state index in [4.69, 9.17) is 11.6 Å². The van der Waals surface area contributed by atoms with Crippen LogP contribution in [-0.4, -0.2) is 22.4 Å². The molecule has 4 heteroatoms. The van der Waals surface area contributed by atoms with Gasteiger partial charge in [0.05, 0.1) is 5.69 Å². The minimum atomic E-state index is 0.542. The fourth-order valence-electron chi connectivity index (χ4n) is 2.81. The first-order valence-electron chi connectivity index (χ1n) is 7.03. The van der Waals surface area contributed by atoms with Crippen molar-refractivity contribution in [3.63, 3.8) is 0 Å². The summed E-state index contributed by atoms with van der Waals surface area (Å²) in [6.45, 7) is 5.24. The maximum absolute atomic E-state index is 6.32. The van der Waals surface area contributed by atoms with Crippen molar-refractivity contribution in [3.05, 3.63) is 16.4 Å². The molecule has 0 aromatic carbocycles. The molecule has 1 aromatic rings. The molecule has 102 valence electrons. The number of aryl methyl sites for hydroxylation is 2. The van der Waals surface area contributed by atoms with Gasteiger partial charge in [-0.1, -0.05) is 37.8 Å². The molecule has 0 spiro atoms. The van der Waals surface area contributed by atoms with Gasteiger partial charge >= 0.3 is 0 Å². The van der Waals surface area contributed by atoms with E-state index >= 15 is 0 Å². The second-order valence-corrected chi connectivity index (χ2v) is 5.83. The minimum Gasteiger partial charge on any atom is -0.314 e. The Morgan fingerprint density at radius 3 is 2.67 bits per heavy atom. The first-order valence-corrected chi connectivity index (χ1v) is 7.41. The first kappa shape index (κ1) is 13.9. The third kappa shape index (κ3) is 3.07. The quantitative estimate of drug-likeness (QED) is 0.860. The average Bonchev–Trinajstić information content (AvgIpc) is 2.50. The summed E-state index contributed by atoms with van der Waals surface area (Å²) in [4.78, 5) is 0. The zero-order valence-corrected chi connectivity index (χ0v) is 12.4. The molecule has 18 heavy (non-hydrogen) atoms. The normalized spacial score (nSPS) is 17.8. The predicted octanol–water partition coefficient (Wildman–Crippen LogP) is 3.09. The van der Waals surface area contributed by atoms with E-state index in [9.17, 15) is 0 Å². The summed E-state index contributed by atoms with van der Waals surface area (Å²) in [5.74, 6) is 0.921. The second-order valence-electron chi connectivity index (χ2n) is 5.47. The van der Waals surface area contributed by atoms with Crippen LogP contribution in [0.2, 0.25) is 5.15 Å². The van der Waals surface area contributed by atoms with Gasteiger partial charge in [0.1, 0.15) is 5.15 Å². The molecule has 0 bridgehead atoms. The highest BCUT2D eigenvalue weighted by atomic mass is 35.5. The molecule has 1 N–H and O–H groups in total. The van der Waals surface area contributed by atoms with Crippen LogP contribution in [0.25, 0.3) is 0 Å². The highest BCUT2D eigenvalue weighted by Crippen LogP contribution is 2.32. The van der Waals surface area contributed by atoms with Gasteiger partial charge in [0, 0.05) is 18.7 Å². The highest BCUT2D eigenvalue weighted by molar-refractivity contribution is 6.30. The number of nitrogens with zero attached hydrogens (tertiary/aromatic N) is 2. The van der Waals surface area contributed by atoms with Gasteiger partial charge in [-0.3, -0.25) is 4.68 Å². The lowest BCUT2D eigenvalue weighted by Gasteiger charge is -2.30. The Morgan fingerprint density at radius 2 is 2.22 bits per heavy atom. The number of halogens is 1. The van der Waals surface area contributed by atoms with Crippen molar-refractivity contribution in [2.75, 3.05) is 6.54 Å². The van der Waals surface area contributed by atoms with Gasteiger partial charge in [-0.05, 0) is 32.2 Å². The smallest absolute Gasteiger partial charge is 0.130 e. The van der Waals surface area contributed by atoms with Gasteiger partial charge in [-0.25, -0.2) is 0 Å². The summed E-state index contributed by atoms with van der Waals surface area (Å²) in [7, 11) is 1.91. The van der Waals surface area contributed by atoms with Crippen LogP contribution < -0.4 is 5.32 Å². The molecular formula is C14H24ClN3. The number of rotatable bonds is 6. The Morgan fingerprint density at radius 1 is 1.50 bits per heavy atom. The molecular weight excluding hydrogens is 246 g/mol. The van der Waals surface area contributed by atoms with Gasteiger partial charge in [0.15, 0.2) is 0 Å².